The van der Waals surface area contributed by atoms with Gasteiger partial charge in [0.2, 0.25) is 5.91 Å². The minimum Gasteiger partial charge on any atom is -0.481 e. The monoisotopic (exact) mass is 349 g/mol. The van der Waals surface area contributed by atoms with Crippen molar-refractivity contribution in [1.82, 2.24) is 5.32 Å². The molecule has 1 aliphatic rings. The van der Waals surface area contributed by atoms with E-state index >= 15 is 0 Å². The summed E-state index contributed by atoms with van der Waals surface area (Å²) in [5.74, 6) is -1.06. The molecule has 0 bridgehead atoms. The molecule has 0 spiro atoms. The number of carboxylic acids is 1. The van der Waals surface area contributed by atoms with E-state index in [-0.39, 0.29) is 23.8 Å². The molecule has 0 unspecified atom stereocenters. The fraction of sp³-hybridized carbons (Fsp3) is 0.412. The van der Waals surface area contributed by atoms with E-state index in [0.717, 1.165) is 9.75 Å². The summed E-state index contributed by atoms with van der Waals surface area (Å²) in [7, 11) is 0. The zero-order chi connectivity index (χ0) is 16.2. The molecule has 0 saturated heterocycles. The third-order valence-electron chi connectivity index (χ3n) is 4.39. The van der Waals surface area contributed by atoms with Gasteiger partial charge in [0.25, 0.3) is 0 Å². The fourth-order valence-corrected chi connectivity index (χ4v) is 4.72. The lowest BCUT2D eigenvalue weighted by Crippen LogP contribution is -2.36. The number of carbonyl (C=O) groups excluding carboxylic acids is 1. The van der Waals surface area contributed by atoms with Crippen molar-refractivity contribution in [2.75, 3.05) is 0 Å². The Bertz CT molecular complexity index is 609. The summed E-state index contributed by atoms with van der Waals surface area (Å²) in [5, 5.41) is 16.3. The molecule has 2 aromatic rings. The van der Waals surface area contributed by atoms with Crippen LogP contribution in [-0.4, -0.2) is 17.0 Å². The van der Waals surface area contributed by atoms with Gasteiger partial charge in [0.05, 0.1) is 12.0 Å². The zero-order valence-corrected chi connectivity index (χ0v) is 14.2. The standard InChI is InChI=1S/C17H19NO3S2/c19-16(11-5-7-12(8-6-11)17(20)21)18-15(13-3-1-9-22-13)14-4-2-10-23-14/h1-4,9-12,15H,5-8H2,(H,18,19)(H,20,21). The van der Waals surface area contributed by atoms with E-state index < -0.39 is 5.97 Å². The maximum atomic E-state index is 12.6. The van der Waals surface area contributed by atoms with Gasteiger partial charge in [0.1, 0.15) is 0 Å². The molecule has 0 aliphatic heterocycles. The highest BCUT2D eigenvalue weighted by Gasteiger charge is 2.31. The van der Waals surface area contributed by atoms with Crippen molar-refractivity contribution in [3.8, 4) is 0 Å². The summed E-state index contributed by atoms with van der Waals surface area (Å²) in [4.78, 5) is 25.9. The van der Waals surface area contributed by atoms with Crippen molar-refractivity contribution < 1.29 is 14.7 Å². The third kappa shape index (κ3) is 3.82. The summed E-state index contributed by atoms with van der Waals surface area (Å²) in [6.07, 6.45) is 2.50. The van der Waals surface area contributed by atoms with Crippen molar-refractivity contribution in [2.45, 2.75) is 31.7 Å². The highest BCUT2D eigenvalue weighted by molar-refractivity contribution is 7.11. The topological polar surface area (TPSA) is 66.4 Å². The number of carbonyl (C=O) groups is 2. The van der Waals surface area contributed by atoms with E-state index in [2.05, 4.69) is 5.32 Å². The summed E-state index contributed by atoms with van der Waals surface area (Å²) < 4.78 is 0. The van der Waals surface area contributed by atoms with E-state index in [1.165, 1.54) is 0 Å². The van der Waals surface area contributed by atoms with E-state index in [4.69, 9.17) is 5.11 Å². The van der Waals surface area contributed by atoms with Crippen LogP contribution in [0.25, 0.3) is 0 Å². The molecular weight excluding hydrogens is 330 g/mol. The van der Waals surface area contributed by atoms with E-state index in [1.807, 2.05) is 35.0 Å². The normalized spacial score (nSPS) is 21.3. The van der Waals surface area contributed by atoms with E-state index in [0.29, 0.717) is 25.7 Å². The molecule has 23 heavy (non-hydrogen) atoms. The van der Waals surface area contributed by atoms with Crippen LogP contribution in [0.2, 0.25) is 0 Å². The first-order valence-corrected chi connectivity index (χ1v) is 9.51. The second kappa shape index (κ2) is 7.27. The van der Waals surface area contributed by atoms with Gasteiger partial charge in [-0.1, -0.05) is 12.1 Å². The Balaban J connectivity index is 1.67. The van der Waals surface area contributed by atoms with Gasteiger partial charge < -0.3 is 10.4 Å². The number of hydrogen-bond acceptors (Lipinski definition) is 4. The second-order valence-corrected chi connectivity index (χ2v) is 7.82. The average Bonchev–Trinajstić information content (AvgIpc) is 3.26. The molecule has 0 atom stereocenters. The van der Waals surface area contributed by atoms with Gasteiger partial charge in [0, 0.05) is 15.7 Å². The van der Waals surface area contributed by atoms with E-state index in [1.54, 1.807) is 22.7 Å². The Morgan fingerprint density at radius 2 is 1.52 bits per heavy atom. The summed E-state index contributed by atoms with van der Waals surface area (Å²) in [6, 6.07) is 7.96. The quantitative estimate of drug-likeness (QED) is 0.860. The highest BCUT2D eigenvalue weighted by Crippen LogP contribution is 2.32. The third-order valence-corrected chi connectivity index (χ3v) is 6.26. The van der Waals surface area contributed by atoms with Gasteiger partial charge in [0.15, 0.2) is 0 Å². The number of aliphatic carboxylic acids is 1. The molecule has 2 heterocycles. The Morgan fingerprint density at radius 3 is 1.96 bits per heavy atom. The Hall–Kier alpha value is -1.66. The molecule has 1 saturated carbocycles. The lowest BCUT2D eigenvalue weighted by atomic mass is 9.81. The lowest BCUT2D eigenvalue weighted by Gasteiger charge is -2.27. The maximum Gasteiger partial charge on any atom is 0.306 e. The van der Waals surface area contributed by atoms with Crippen molar-refractivity contribution in [3.05, 3.63) is 44.8 Å². The second-order valence-electron chi connectivity index (χ2n) is 5.86. The number of amides is 1. The molecule has 1 amide bonds. The average molecular weight is 349 g/mol. The largest absolute Gasteiger partial charge is 0.481 e. The van der Waals surface area contributed by atoms with Crippen LogP contribution in [0.1, 0.15) is 41.5 Å². The van der Waals surface area contributed by atoms with Crippen LogP contribution in [-0.2, 0) is 9.59 Å². The smallest absolute Gasteiger partial charge is 0.306 e. The van der Waals surface area contributed by atoms with Crippen LogP contribution in [0, 0.1) is 11.8 Å². The molecule has 3 rings (SSSR count). The summed E-state index contributed by atoms with van der Waals surface area (Å²) in [6.45, 7) is 0. The molecule has 1 aliphatic carbocycles. The van der Waals surface area contributed by atoms with Crippen LogP contribution in [0.15, 0.2) is 35.0 Å². The van der Waals surface area contributed by atoms with E-state index in [9.17, 15) is 9.59 Å². The number of nitrogens with one attached hydrogen (secondary N) is 1. The number of hydrogen-bond donors (Lipinski definition) is 2. The van der Waals surface area contributed by atoms with Gasteiger partial charge in [-0.2, -0.15) is 0 Å². The first-order chi connectivity index (χ1) is 11.1. The highest BCUT2D eigenvalue weighted by atomic mass is 32.1. The Kier molecular flexibility index (Phi) is 5.13. The maximum absolute atomic E-state index is 12.6. The molecule has 2 N–H and O–H groups in total. The molecule has 1 fully saturated rings. The first kappa shape index (κ1) is 16.2. The molecule has 0 aromatic carbocycles. The summed E-state index contributed by atoms with van der Waals surface area (Å²) in [5.41, 5.74) is 0. The van der Waals surface area contributed by atoms with Crippen molar-refractivity contribution >= 4 is 34.6 Å². The van der Waals surface area contributed by atoms with Gasteiger partial charge in [-0.05, 0) is 48.6 Å². The Morgan fingerprint density at radius 1 is 1.00 bits per heavy atom. The molecule has 4 nitrogen and oxygen atoms in total. The predicted octanol–water partition coefficient (Wildman–Crippen LogP) is 3.91. The number of thiophene rings is 2. The van der Waals surface area contributed by atoms with Crippen LogP contribution in [0.5, 0.6) is 0 Å². The van der Waals surface area contributed by atoms with Gasteiger partial charge in [-0.15, -0.1) is 22.7 Å². The number of carboxylic acid groups (broad SMARTS) is 1. The van der Waals surface area contributed by atoms with Crippen molar-refractivity contribution in [3.63, 3.8) is 0 Å². The van der Waals surface area contributed by atoms with Crippen LogP contribution >= 0.6 is 22.7 Å². The lowest BCUT2D eigenvalue weighted by molar-refractivity contribution is -0.144. The van der Waals surface area contributed by atoms with Gasteiger partial charge in [-0.3, -0.25) is 9.59 Å². The number of rotatable bonds is 5. The van der Waals surface area contributed by atoms with Crippen molar-refractivity contribution in [2.24, 2.45) is 11.8 Å². The van der Waals surface area contributed by atoms with Gasteiger partial charge in [-0.25, -0.2) is 0 Å². The van der Waals surface area contributed by atoms with Crippen LogP contribution in [0.3, 0.4) is 0 Å². The predicted molar refractivity (Wildman–Crippen MR) is 91.7 cm³/mol. The minimum absolute atomic E-state index is 0.0423. The minimum atomic E-state index is -0.737. The Labute approximate surface area is 143 Å². The molecule has 0 radical (unpaired) electrons. The van der Waals surface area contributed by atoms with Crippen LogP contribution < -0.4 is 5.32 Å². The molecule has 6 heteroatoms. The van der Waals surface area contributed by atoms with Crippen molar-refractivity contribution in [1.29, 1.82) is 0 Å². The summed E-state index contributed by atoms with van der Waals surface area (Å²) >= 11 is 3.27. The molecular formula is C17H19NO3S2. The zero-order valence-electron chi connectivity index (χ0n) is 12.6. The molecule has 2 aromatic heterocycles. The first-order valence-electron chi connectivity index (χ1n) is 7.75. The molecule has 122 valence electrons. The SMILES string of the molecule is O=C(O)C1CCC(C(=O)NC(c2cccs2)c2cccs2)CC1. The van der Waals surface area contributed by atoms with Crippen LogP contribution in [0.4, 0.5) is 0 Å². The fourth-order valence-electron chi connectivity index (χ4n) is 3.06. The van der Waals surface area contributed by atoms with Gasteiger partial charge >= 0.3 is 5.97 Å².